The van der Waals surface area contributed by atoms with Crippen LogP contribution < -0.4 is 0 Å². The molecule has 1 aromatic carbocycles. The largest absolute Gasteiger partial charge is 0.508 e. The summed E-state index contributed by atoms with van der Waals surface area (Å²) in [6.07, 6.45) is 0. The van der Waals surface area contributed by atoms with E-state index in [0.29, 0.717) is 0 Å². The number of carbonyl (C=O) groups is 1. The van der Waals surface area contributed by atoms with E-state index in [1.807, 2.05) is 11.9 Å². The molecule has 0 aromatic heterocycles. The minimum atomic E-state index is -0.177. The van der Waals surface area contributed by atoms with E-state index in [4.69, 9.17) is 0 Å². The fraction of sp³-hybridized carbons (Fsp3) is 0.500. The van der Waals surface area contributed by atoms with Gasteiger partial charge in [0.15, 0.2) is 5.78 Å². The monoisotopic (exact) mass is 251 g/mol. The summed E-state index contributed by atoms with van der Waals surface area (Å²) in [5, 5.41) is 18.8. The van der Waals surface area contributed by atoms with E-state index in [0.717, 1.165) is 6.54 Å². The molecule has 1 aromatic rings. The van der Waals surface area contributed by atoms with Gasteiger partial charge in [0.25, 0.3) is 0 Å². The van der Waals surface area contributed by atoms with E-state index in [-0.39, 0.29) is 34.8 Å². The Morgan fingerprint density at radius 1 is 1.28 bits per heavy atom. The van der Waals surface area contributed by atoms with Crippen molar-refractivity contribution in [3.63, 3.8) is 0 Å². The van der Waals surface area contributed by atoms with E-state index < -0.39 is 0 Å². The molecule has 0 bridgehead atoms. The number of rotatable bonds is 4. The molecule has 0 atom stereocenters. The number of benzene rings is 1. The van der Waals surface area contributed by atoms with Crippen molar-refractivity contribution in [2.75, 3.05) is 20.1 Å². The molecule has 0 aliphatic heterocycles. The van der Waals surface area contributed by atoms with Crippen molar-refractivity contribution < 1.29 is 15.0 Å². The van der Waals surface area contributed by atoms with Crippen LogP contribution in [0.5, 0.6) is 11.5 Å². The molecule has 4 heteroatoms. The molecule has 0 aliphatic rings. The lowest BCUT2D eigenvalue weighted by atomic mass is 9.96. The van der Waals surface area contributed by atoms with Crippen LogP contribution in [-0.4, -0.2) is 41.0 Å². The van der Waals surface area contributed by atoms with Gasteiger partial charge in [0, 0.05) is 12.6 Å². The Hall–Kier alpha value is -1.55. The van der Waals surface area contributed by atoms with Crippen molar-refractivity contribution in [2.24, 2.45) is 5.41 Å². The van der Waals surface area contributed by atoms with Gasteiger partial charge in [0.05, 0.1) is 12.1 Å². The smallest absolute Gasteiger partial charge is 0.180 e. The van der Waals surface area contributed by atoms with Gasteiger partial charge in [-0.2, -0.15) is 0 Å². The molecule has 0 heterocycles. The molecular weight excluding hydrogens is 230 g/mol. The Kier molecular flexibility index (Phi) is 4.35. The summed E-state index contributed by atoms with van der Waals surface area (Å²) in [6, 6.07) is 4.02. The number of hydrogen-bond donors (Lipinski definition) is 2. The third kappa shape index (κ3) is 4.37. The maximum Gasteiger partial charge on any atom is 0.180 e. The average Bonchev–Trinajstić information content (AvgIpc) is 2.13. The molecule has 0 aliphatic carbocycles. The van der Waals surface area contributed by atoms with Crippen LogP contribution in [0.3, 0.4) is 0 Å². The van der Waals surface area contributed by atoms with Gasteiger partial charge in [0.1, 0.15) is 11.5 Å². The number of likely N-dealkylation sites (N-methyl/N-ethyl adjacent to an activating group) is 1. The molecule has 0 saturated carbocycles. The van der Waals surface area contributed by atoms with Gasteiger partial charge in [-0.25, -0.2) is 0 Å². The summed E-state index contributed by atoms with van der Waals surface area (Å²) in [5.74, 6) is -0.379. The predicted molar refractivity (Wildman–Crippen MR) is 71.1 cm³/mol. The number of Topliss-reactive ketones (excluding diaryl/α,β-unsaturated/α-hetero) is 1. The standard InChI is InChI=1S/C14H21NO3/c1-14(2,3)9-15(4)8-13(18)11-6-5-10(16)7-12(11)17/h5-7,16-17H,8-9H2,1-4H3. The Labute approximate surface area is 108 Å². The summed E-state index contributed by atoms with van der Waals surface area (Å²) in [5.41, 5.74) is 0.361. The number of carbonyl (C=O) groups excluding carboxylic acids is 1. The molecule has 0 saturated heterocycles. The van der Waals surface area contributed by atoms with Crippen molar-refractivity contribution in [3.8, 4) is 11.5 Å². The van der Waals surface area contributed by atoms with Crippen LogP contribution in [0.4, 0.5) is 0 Å². The first-order chi connectivity index (χ1) is 8.19. The van der Waals surface area contributed by atoms with Crippen LogP contribution in [0.15, 0.2) is 18.2 Å². The van der Waals surface area contributed by atoms with E-state index in [1.165, 1.54) is 18.2 Å². The predicted octanol–water partition coefficient (Wildman–Crippen LogP) is 2.26. The molecule has 100 valence electrons. The maximum absolute atomic E-state index is 12.0. The molecule has 0 radical (unpaired) electrons. The summed E-state index contributed by atoms with van der Waals surface area (Å²) < 4.78 is 0. The van der Waals surface area contributed by atoms with Crippen LogP contribution in [0.25, 0.3) is 0 Å². The topological polar surface area (TPSA) is 60.8 Å². The maximum atomic E-state index is 12.0. The molecule has 0 fully saturated rings. The van der Waals surface area contributed by atoms with E-state index >= 15 is 0 Å². The van der Waals surface area contributed by atoms with Crippen molar-refractivity contribution in [3.05, 3.63) is 23.8 Å². The zero-order valence-electron chi connectivity index (χ0n) is 11.4. The van der Waals surface area contributed by atoms with Gasteiger partial charge in [-0.05, 0) is 24.6 Å². The second-order valence-corrected chi connectivity index (χ2v) is 5.86. The van der Waals surface area contributed by atoms with Crippen LogP contribution in [0, 0.1) is 5.41 Å². The fourth-order valence-corrected chi connectivity index (χ4v) is 1.95. The average molecular weight is 251 g/mol. The Bertz CT molecular complexity index is 435. The molecule has 0 spiro atoms. The number of hydrogen-bond acceptors (Lipinski definition) is 4. The van der Waals surface area contributed by atoms with Gasteiger partial charge in [0.2, 0.25) is 0 Å². The highest BCUT2D eigenvalue weighted by Crippen LogP contribution is 2.23. The van der Waals surface area contributed by atoms with E-state index in [1.54, 1.807) is 0 Å². The summed E-state index contributed by atoms with van der Waals surface area (Å²) in [7, 11) is 1.88. The highest BCUT2D eigenvalue weighted by atomic mass is 16.3. The van der Waals surface area contributed by atoms with Crippen molar-refractivity contribution >= 4 is 5.78 Å². The Morgan fingerprint density at radius 2 is 1.89 bits per heavy atom. The molecular formula is C14H21NO3. The van der Waals surface area contributed by atoms with Crippen LogP contribution >= 0.6 is 0 Å². The first-order valence-corrected chi connectivity index (χ1v) is 5.93. The van der Waals surface area contributed by atoms with Crippen molar-refractivity contribution in [2.45, 2.75) is 20.8 Å². The zero-order chi connectivity index (χ0) is 13.9. The lowest BCUT2D eigenvalue weighted by molar-refractivity contribution is 0.0924. The molecule has 2 N–H and O–H groups in total. The molecule has 0 amide bonds. The zero-order valence-corrected chi connectivity index (χ0v) is 11.4. The quantitative estimate of drug-likeness (QED) is 0.806. The molecule has 4 nitrogen and oxygen atoms in total. The number of phenolic OH excluding ortho intramolecular Hbond substituents is 2. The Balaban J connectivity index is 2.71. The minimum absolute atomic E-state index is 0.0490. The summed E-state index contributed by atoms with van der Waals surface area (Å²) in [6.45, 7) is 7.34. The SMILES string of the molecule is CN(CC(=O)c1ccc(O)cc1O)CC(C)(C)C. The third-order valence-corrected chi connectivity index (χ3v) is 2.44. The van der Waals surface area contributed by atoms with Crippen molar-refractivity contribution in [1.82, 2.24) is 4.90 Å². The van der Waals surface area contributed by atoms with E-state index in [9.17, 15) is 15.0 Å². The number of nitrogens with zero attached hydrogens (tertiary/aromatic N) is 1. The number of aromatic hydroxyl groups is 2. The van der Waals surface area contributed by atoms with E-state index in [2.05, 4.69) is 20.8 Å². The van der Waals surface area contributed by atoms with Gasteiger partial charge in [-0.15, -0.1) is 0 Å². The second-order valence-electron chi connectivity index (χ2n) is 5.86. The normalized spacial score (nSPS) is 11.8. The molecule has 18 heavy (non-hydrogen) atoms. The van der Waals surface area contributed by atoms with Crippen molar-refractivity contribution in [1.29, 1.82) is 0 Å². The Morgan fingerprint density at radius 3 is 2.39 bits per heavy atom. The van der Waals surface area contributed by atoms with Crippen LogP contribution in [0.2, 0.25) is 0 Å². The minimum Gasteiger partial charge on any atom is -0.508 e. The second kappa shape index (κ2) is 5.40. The first-order valence-electron chi connectivity index (χ1n) is 5.93. The lowest BCUT2D eigenvalue weighted by Crippen LogP contribution is -2.33. The third-order valence-electron chi connectivity index (χ3n) is 2.44. The van der Waals surface area contributed by atoms with Gasteiger partial charge in [-0.3, -0.25) is 9.69 Å². The number of phenols is 2. The van der Waals surface area contributed by atoms with Gasteiger partial charge >= 0.3 is 0 Å². The number of ketones is 1. The van der Waals surface area contributed by atoms with Gasteiger partial charge < -0.3 is 10.2 Å². The summed E-state index contributed by atoms with van der Waals surface area (Å²) in [4.78, 5) is 13.9. The highest BCUT2D eigenvalue weighted by Gasteiger charge is 2.18. The summed E-state index contributed by atoms with van der Waals surface area (Å²) >= 11 is 0. The highest BCUT2D eigenvalue weighted by molar-refractivity contribution is 6.00. The fourth-order valence-electron chi connectivity index (χ4n) is 1.95. The first kappa shape index (κ1) is 14.5. The lowest BCUT2D eigenvalue weighted by Gasteiger charge is -2.25. The molecule has 1 rings (SSSR count). The van der Waals surface area contributed by atoms with Crippen LogP contribution in [-0.2, 0) is 0 Å². The van der Waals surface area contributed by atoms with Crippen LogP contribution in [0.1, 0.15) is 31.1 Å². The molecule has 0 unspecified atom stereocenters. The van der Waals surface area contributed by atoms with Gasteiger partial charge in [-0.1, -0.05) is 20.8 Å².